The smallest absolute Gasteiger partial charge is 0.254 e. The molecule has 3 amide bonds. The van der Waals surface area contributed by atoms with E-state index < -0.39 is 43.1 Å². The second-order valence-electron chi connectivity index (χ2n) is 8.33. The highest BCUT2D eigenvalue weighted by atomic mass is 35.5. The van der Waals surface area contributed by atoms with Crippen LogP contribution in [0.2, 0.25) is 0 Å². The molecule has 1 aromatic rings. The lowest BCUT2D eigenvalue weighted by Crippen LogP contribution is -2.38. The van der Waals surface area contributed by atoms with Gasteiger partial charge in [0.2, 0.25) is 5.91 Å². The second kappa shape index (κ2) is 14.3. The number of nitrogens with one attached hydrogen (secondary N) is 1. The molecule has 0 aliphatic heterocycles. The Balaban J connectivity index is 3.61. The number of alkyl halides is 1. The molecule has 0 saturated carbocycles. The van der Waals surface area contributed by atoms with Gasteiger partial charge in [-0.25, -0.2) is 0 Å². The highest BCUT2D eigenvalue weighted by Crippen LogP contribution is 2.33. The zero-order chi connectivity index (χ0) is 26.9. The summed E-state index contributed by atoms with van der Waals surface area (Å²) in [6.07, 6.45) is -2.30. The summed E-state index contributed by atoms with van der Waals surface area (Å²) in [5.41, 5.74) is 1.74. The summed E-state index contributed by atoms with van der Waals surface area (Å²) in [4.78, 5) is 41.6. The lowest BCUT2D eigenvalue weighted by Gasteiger charge is -2.27. The molecular weight excluding hydrogens is 482 g/mol. The van der Waals surface area contributed by atoms with Gasteiger partial charge >= 0.3 is 0 Å². The van der Waals surface area contributed by atoms with Gasteiger partial charge in [-0.3, -0.25) is 14.4 Å². The highest BCUT2D eigenvalue weighted by molar-refractivity contribution is 6.18. The van der Waals surface area contributed by atoms with Crippen LogP contribution in [0.15, 0.2) is 0 Å². The van der Waals surface area contributed by atoms with Gasteiger partial charge in [-0.15, -0.1) is 11.6 Å². The lowest BCUT2D eigenvalue weighted by atomic mass is 9.89. The summed E-state index contributed by atoms with van der Waals surface area (Å²) in [5.74, 6) is -1.33. The molecule has 1 rings (SSSR count). The van der Waals surface area contributed by atoms with Crippen LogP contribution in [0.5, 0.6) is 0 Å². The number of rotatable bonds is 13. The molecule has 0 bridgehead atoms. The number of hydrogen-bond donors (Lipinski definition) is 5. The summed E-state index contributed by atoms with van der Waals surface area (Å²) in [6.45, 7) is 3.38. The van der Waals surface area contributed by atoms with Crippen molar-refractivity contribution in [2.75, 3.05) is 64.8 Å². The van der Waals surface area contributed by atoms with Crippen molar-refractivity contribution < 1.29 is 39.5 Å². The van der Waals surface area contributed by atoms with Gasteiger partial charge in [-0.05, 0) is 37.5 Å². The largest absolute Gasteiger partial charge is 0.394 e. The summed E-state index contributed by atoms with van der Waals surface area (Å²) in [7, 11) is 2.90. The van der Waals surface area contributed by atoms with E-state index in [0.29, 0.717) is 16.7 Å². The van der Waals surface area contributed by atoms with Crippen LogP contribution < -0.4 is 5.32 Å². The van der Waals surface area contributed by atoms with E-state index in [4.69, 9.17) is 26.6 Å². The van der Waals surface area contributed by atoms with E-state index >= 15 is 0 Å². The molecule has 2 unspecified atom stereocenters. The standard InChI is InChI=1S/C23H36ClN3O8/c1-13-19(22(33)26(4)8-16(30)10-28)14(2)21(25-18(32)12-35-7-6-24)15(3)20(13)23(34)27(5)9-17(31)11-29/h16-17,28-31H,6-12H2,1-5H3,(H,25,32). The maximum Gasteiger partial charge on any atom is 0.254 e. The predicted octanol–water partition coefficient (Wildman–Crippen LogP) is -0.344. The quantitative estimate of drug-likeness (QED) is 0.175. The molecule has 0 aromatic heterocycles. The van der Waals surface area contributed by atoms with Crippen molar-refractivity contribution in [3.05, 3.63) is 27.8 Å². The van der Waals surface area contributed by atoms with Gasteiger partial charge in [0.1, 0.15) is 6.61 Å². The fourth-order valence-corrected chi connectivity index (χ4v) is 3.85. The third-order valence-electron chi connectivity index (χ3n) is 5.48. The fourth-order valence-electron chi connectivity index (χ4n) is 3.74. The molecular formula is C23H36ClN3O8. The molecule has 0 radical (unpaired) electrons. The van der Waals surface area contributed by atoms with Gasteiger partial charge < -0.3 is 40.3 Å². The van der Waals surface area contributed by atoms with E-state index in [0.717, 1.165) is 0 Å². The van der Waals surface area contributed by atoms with E-state index in [-0.39, 0.29) is 49.0 Å². The number of hydrogen-bond acceptors (Lipinski definition) is 8. The minimum atomic E-state index is -1.15. The first-order valence-corrected chi connectivity index (χ1v) is 11.6. The van der Waals surface area contributed by atoms with Crippen LogP contribution in [0.4, 0.5) is 5.69 Å². The van der Waals surface area contributed by atoms with Crippen LogP contribution in [-0.2, 0) is 9.53 Å². The Morgan fingerprint density at radius 1 is 0.886 bits per heavy atom. The molecule has 0 heterocycles. The van der Waals surface area contributed by atoms with E-state index in [2.05, 4.69) is 5.32 Å². The molecule has 0 spiro atoms. The summed E-state index contributed by atoms with van der Waals surface area (Å²) in [5, 5.41) is 40.5. The van der Waals surface area contributed by atoms with Crippen LogP contribution in [-0.4, -0.2) is 120 Å². The predicted molar refractivity (Wildman–Crippen MR) is 131 cm³/mol. The molecule has 35 heavy (non-hydrogen) atoms. The number of carbonyl (C=O) groups excluding carboxylic acids is 3. The maximum absolute atomic E-state index is 13.3. The number of ether oxygens (including phenoxy) is 1. The first-order chi connectivity index (χ1) is 16.4. The molecule has 12 heteroatoms. The molecule has 198 valence electrons. The number of anilines is 1. The molecule has 5 N–H and O–H groups in total. The first-order valence-electron chi connectivity index (χ1n) is 11.1. The van der Waals surface area contributed by atoms with Gasteiger partial charge in [-0.2, -0.15) is 0 Å². The third kappa shape index (κ3) is 8.13. The van der Waals surface area contributed by atoms with Crippen LogP contribution in [0.25, 0.3) is 0 Å². The Labute approximate surface area is 210 Å². The van der Waals surface area contributed by atoms with Gasteiger partial charge in [0.05, 0.1) is 32.0 Å². The Kier molecular flexibility index (Phi) is 12.6. The van der Waals surface area contributed by atoms with Gasteiger partial charge in [0.15, 0.2) is 0 Å². The molecule has 2 atom stereocenters. The summed E-state index contributed by atoms with van der Waals surface area (Å²) >= 11 is 5.57. The molecule has 0 saturated heterocycles. The number of halogens is 1. The molecule has 0 aliphatic carbocycles. The van der Waals surface area contributed by atoms with Gasteiger partial charge in [-0.1, -0.05) is 0 Å². The number of nitrogens with zero attached hydrogens (tertiary/aromatic N) is 2. The average molecular weight is 518 g/mol. The van der Waals surface area contributed by atoms with Crippen molar-refractivity contribution in [2.24, 2.45) is 0 Å². The summed E-state index contributed by atoms with van der Waals surface area (Å²) < 4.78 is 5.17. The van der Waals surface area contributed by atoms with Crippen molar-refractivity contribution >= 4 is 35.0 Å². The minimum absolute atomic E-state index is 0.151. The number of likely N-dealkylation sites (N-methyl/N-ethyl adjacent to an activating group) is 2. The number of benzene rings is 1. The Hall–Kier alpha value is -2.28. The third-order valence-corrected chi connectivity index (χ3v) is 5.64. The molecule has 0 aliphatic rings. The Morgan fingerprint density at radius 2 is 1.31 bits per heavy atom. The van der Waals surface area contributed by atoms with Crippen molar-refractivity contribution in [1.29, 1.82) is 0 Å². The van der Waals surface area contributed by atoms with Gasteiger partial charge in [0, 0.05) is 49.9 Å². The Bertz CT molecular complexity index is 854. The number of aliphatic hydroxyl groups is 4. The normalized spacial score (nSPS) is 12.7. The van der Waals surface area contributed by atoms with Crippen LogP contribution in [0, 0.1) is 20.8 Å². The van der Waals surface area contributed by atoms with Crippen LogP contribution in [0.1, 0.15) is 37.4 Å². The summed E-state index contributed by atoms with van der Waals surface area (Å²) in [6, 6.07) is 0. The van der Waals surface area contributed by atoms with E-state index in [1.165, 1.54) is 23.9 Å². The fraction of sp³-hybridized carbons (Fsp3) is 0.609. The van der Waals surface area contributed by atoms with E-state index in [1.807, 2.05) is 0 Å². The van der Waals surface area contributed by atoms with Crippen molar-refractivity contribution in [3.8, 4) is 0 Å². The second-order valence-corrected chi connectivity index (χ2v) is 8.71. The van der Waals surface area contributed by atoms with Gasteiger partial charge in [0.25, 0.3) is 11.8 Å². The van der Waals surface area contributed by atoms with Crippen LogP contribution >= 0.6 is 11.6 Å². The Morgan fingerprint density at radius 3 is 1.69 bits per heavy atom. The SMILES string of the molecule is Cc1c(NC(=O)COCCCl)c(C)c(C(=O)N(C)CC(O)CO)c(C)c1C(=O)N(C)CC(O)CO. The zero-order valence-corrected chi connectivity index (χ0v) is 21.6. The number of carbonyl (C=O) groups is 3. The maximum atomic E-state index is 13.3. The topological polar surface area (TPSA) is 160 Å². The first kappa shape index (κ1) is 30.8. The minimum Gasteiger partial charge on any atom is -0.394 e. The van der Waals surface area contributed by atoms with Crippen molar-refractivity contribution in [3.63, 3.8) is 0 Å². The zero-order valence-electron chi connectivity index (χ0n) is 20.8. The average Bonchev–Trinajstić information content (AvgIpc) is 2.81. The van der Waals surface area contributed by atoms with E-state index in [1.54, 1.807) is 20.8 Å². The number of amides is 3. The van der Waals surface area contributed by atoms with Crippen LogP contribution in [0.3, 0.4) is 0 Å². The van der Waals surface area contributed by atoms with Crippen molar-refractivity contribution in [1.82, 2.24) is 9.80 Å². The molecule has 0 fully saturated rings. The highest BCUT2D eigenvalue weighted by Gasteiger charge is 2.29. The number of aliphatic hydroxyl groups excluding tert-OH is 4. The van der Waals surface area contributed by atoms with E-state index in [9.17, 15) is 24.6 Å². The molecule has 1 aromatic carbocycles. The molecule has 11 nitrogen and oxygen atoms in total. The monoisotopic (exact) mass is 517 g/mol. The lowest BCUT2D eigenvalue weighted by molar-refractivity contribution is -0.120. The van der Waals surface area contributed by atoms with Crippen molar-refractivity contribution in [2.45, 2.75) is 33.0 Å².